The standard InChI is InChI=1S/C28H31N/c1-27(2,3)23-13-9-21(10-14-23)7-8-22-11-17-25(18-12-22)29-26-19-15-24(16-20-26)28(4,5)6/h9-20,29H,1-6H3. The van der Waals surface area contributed by atoms with E-state index in [-0.39, 0.29) is 10.8 Å². The largest absolute Gasteiger partial charge is 0.356 e. The van der Waals surface area contributed by atoms with Crippen molar-refractivity contribution < 1.29 is 0 Å². The first-order valence-corrected chi connectivity index (χ1v) is 10.2. The summed E-state index contributed by atoms with van der Waals surface area (Å²) >= 11 is 0. The third-order valence-corrected chi connectivity index (χ3v) is 5.03. The van der Waals surface area contributed by atoms with E-state index in [1.807, 2.05) is 0 Å². The van der Waals surface area contributed by atoms with E-state index in [1.54, 1.807) is 0 Å². The number of rotatable bonds is 2. The molecule has 0 aliphatic carbocycles. The molecule has 3 aromatic rings. The minimum atomic E-state index is 0.169. The monoisotopic (exact) mass is 381 g/mol. The van der Waals surface area contributed by atoms with E-state index >= 15 is 0 Å². The molecule has 148 valence electrons. The molecule has 0 saturated carbocycles. The summed E-state index contributed by atoms with van der Waals surface area (Å²) in [6, 6.07) is 25.4. The van der Waals surface area contributed by atoms with Gasteiger partial charge in [0.25, 0.3) is 0 Å². The molecule has 1 heteroatoms. The van der Waals surface area contributed by atoms with Crippen LogP contribution in [-0.4, -0.2) is 0 Å². The fraction of sp³-hybridized carbons (Fsp3) is 0.286. The van der Waals surface area contributed by atoms with Gasteiger partial charge in [-0.3, -0.25) is 0 Å². The minimum absolute atomic E-state index is 0.169. The third-order valence-electron chi connectivity index (χ3n) is 5.03. The van der Waals surface area contributed by atoms with E-state index in [9.17, 15) is 0 Å². The Labute approximate surface area is 176 Å². The van der Waals surface area contributed by atoms with Crippen LogP contribution in [-0.2, 0) is 10.8 Å². The van der Waals surface area contributed by atoms with E-state index in [1.165, 1.54) is 11.1 Å². The highest BCUT2D eigenvalue weighted by Crippen LogP contribution is 2.25. The van der Waals surface area contributed by atoms with Crippen LogP contribution < -0.4 is 5.32 Å². The molecule has 0 fully saturated rings. The Balaban J connectivity index is 1.66. The first-order chi connectivity index (χ1) is 13.6. The normalized spacial score (nSPS) is 11.5. The lowest BCUT2D eigenvalue weighted by Crippen LogP contribution is -2.10. The van der Waals surface area contributed by atoms with Crippen LogP contribution in [0.2, 0.25) is 0 Å². The summed E-state index contributed by atoms with van der Waals surface area (Å²) in [7, 11) is 0. The molecule has 0 aromatic heterocycles. The number of nitrogens with one attached hydrogen (secondary N) is 1. The molecule has 1 N–H and O–H groups in total. The van der Waals surface area contributed by atoms with Gasteiger partial charge in [-0.1, -0.05) is 77.6 Å². The predicted octanol–water partition coefficient (Wildman–Crippen LogP) is 7.43. The van der Waals surface area contributed by atoms with Crippen molar-refractivity contribution in [3.8, 4) is 11.8 Å². The molecule has 3 rings (SSSR count). The summed E-state index contributed by atoms with van der Waals surface area (Å²) in [6.07, 6.45) is 0. The first-order valence-electron chi connectivity index (χ1n) is 10.2. The Morgan fingerprint density at radius 3 is 1.17 bits per heavy atom. The van der Waals surface area contributed by atoms with Crippen LogP contribution in [0.3, 0.4) is 0 Å². The van der Waals surface area contributed by atoms with E-state index in [4.69, 9.17) is 0 Å². The molecule has 0 aliphatic rings. The Kier molecular flexibility index (Phi) is 5.85. The molecule has 0 heterocycles. The maximum atomic E-state index is 3.46. The molecular formula is C28H31N. The SMILES string of the molecule is CC(C)(C)c1ccc(C#Cc2ccc(Nc3ccc(C(C)(C)C)cc3)cc2)cc1. The zero-order valence-corrected chi connectivity index (χ0v) is 18.4. The number of anilines is 2. The Morgan fingerprint density at radius 1 is 0.483 bits per heavy atom. The summed E-state index contributed by atoms with van der Waals surface area (Å²) in [5.74, 6) is 6.52. The molecule has 0 unspecified atom stereocenters. The maximum Gasteiger partial charge on any atom is 0.0385 e. The van der Waals surface area contributed by atoms with Crippen molar-refractivity contribution in [1.82, 2.24) is 0 Å². The van der Waals surface area contributed by atoms with Gasteiger partial charge in [0.1, 0.15) is 0 Å². The second-order valence-electron chi connectivity index (χ2n) is 9.61. The van der Waals surface area contributed by atoms with E-state index < -0.39 is 0 Å². The molecule has 0 saturated heterocycles. The average molecular weight is 382 g/mol. The van der Waals surface area contributed by atoms with Gasteiger partial charge in [-0.25, -0.2) is 0 Å². The van der Waals surface area contributed by atoms with Crippen LogP contribution >= 0.6 is 0 Å². The lowest BCUT2D eigenvalue weighted by atomic mass is 9.87. The van der Waals surface area contributed by atoms with Crippen LogP contribution in [0.4, 0.5) is 11.4 Å². The van der Waals surface area contributed by atoms with Crippen molar-refractivity contribution in [3.63, 3.8) is 0 Å². The van der Waals surface area contributed by atoms with E-state index in [0.29, 0.717) is 0 Å². The van der Waals surface area contributed by atoms with Crippen LogP contribution in [0, 0.1) is 11.8 Å². The maximum absolute atomic E-state index is 3.46. The highest BCUT2D eigenvalue weighted by molar-refractivity contribution is 5.61. The van der Waals surface area contributed by atoms with Crippen LogP contribution in [0.25, 0.3) is 0 Å². The van der Waals surface area contributed by atoms with Gasteiger partial charge in [0, 0.05) is 22.5 Å². The second-order valence-corrected chi connectivity index (χ2v) is 9.61. The minimum Gasteiger partial charge on any atom is -0.356 e. The molecular weight excluding hydrogens is 350 g/mol. The Morgan fingerprint density at radius 2 is 0.793 bits per heavy atom. The van der Waals surface area contributed by atoms with Gasteiger partial charge in [-0.15, -0.1) is 0 Å². The summed E-state index contributed by atoms with van der Waals surface area (Å²) in [4.78, 5) is 0. The van der Waals surface area contributed by atoms with Gasteiger partial charge >= 0.3 is 0 Å². The highest BCUT2D eigenvalue weighted by atomic mass is 14.9. The summed E-state index contributed by atoms with van der Waals surface area (Å²) in [5.41, 5.74) is 7.22. The third kappa shape index (κ3) is 5.75. The molecule has 29 heavy (non-hydrogen) atoms. The molecule has 0 radical (unpaired) electrons. The van der Waals surface area contributed by atoms with Crippen LogP contribution in [0.1, 0.15) is 63.8 Å². The summed E-state index contributed by atoms with van der Waals surface area (Å²) in [5, 5.41) is 3.46. The van der Waals surface area contributed by atoms with Crippen molar-refractivity contribution in [1.29, 1.82) is 0 Å². The summed E-state index contributed by atoms with van der Waals surface area (Å²) < 4.78 is 0. The van der Waals surface area contributed by atoms with Crippen LogP contribution in [0.5, 0.6) is 0 Å². The second kappa shape index (κ2) is 8.18. The number of benzene rings is 3. The summed E-state index contributed by atoms with van der Waals surface area (Å²) in [6.45, 7) is 13.4. The van der Waals surface area contributed by atoms with Gasteiger partial charge in [-0.05, 0) is 70.5 Å². The van der Waals surface area contributed by atoms with Crippen molar-refractivity contribution in [3.05, 3.63) is 95.1 Å². The van der Waals surface area contributed by atoms with Crippen molar-refractivity contribution >= 4 is 11.4 Å². The predicted molar refractivity (Wildman–Crippen MR) is 126 cm³/mol. The smallest absolute Gasteiger partial charge is 0.0385 e. The van der Waals surface area contributed by atoms with Gasteiger partial charge in [0.2, 0.25) is 0 Å². The fourth-order valence-electron chi connectivity index (χ4n) is 3.06. The van der Waals surface area contributed by atoms with Crippen LogP contribution in [0.15, 0.2) is 72.8 Å². The van der Waals surface area contributed by atoms with Crippen molar-refractivity contribution in [2.45, 2.75) is 52.4 Å². The number of hydrogen-bond donors (Lipinski definition) is 1. The molecule has 0 atom stereocenters. The first kappa shape index (κ1) is 20.7. The average Bonchev–Trinajstić information content (AvgIpc) is 2.67. The molecule has 1 nitrogen and oxygen atoms in total. The molecule has 0 bridgehead atoms. The molecule has 0 amide bonds. The van der Waals surface area contributed by atoms with Gasteiger partial charge < -0.3 is 5.32 Å². The molecule has 0 aliphatic heterocycles. The fourth-order valence-corrected chi connectivity index (χ4v) is 3.06. The van der Waals surface area contributed by atoms with E-state index in [2.05, 4.69) is 131 Å². The lowest BCUT2D eigenvalue weighted by Gasteiger charge is -2.19. The van der Waals surface area contributed by atoms with Gasteiger partial charge in [0.05, 0.1) is 0 Å². The Hall–Kier alpha value is -2.98. The quantitative estimate of drug-likeness (QED) is 0.455. The number of hydrogen-bond acceptors (Lipinski definition) is 1. The zero-order chi connectivity index (χ0) is 21.1. The van der Waals surface area contributed by atoms with Crippen molar-refractivity contribution in [2.24, 2.45) is 0 Å². The van der Waals surface area contributed by atoms with Gasteiger partial charge in [-0.2, -0.15) is 0 Å². The van der Waals surface area contributed by atoms with Gasteiger partial charge in [0.15, 0.2) is 0 Å². The topological polar surface area (TPSA) is 12.0 Å². The zero-order valence-electron chi connectivity index (χ0n) is 18.4. The van der Waals surface area contributed by atoms with Crippen molar-refractivity contribution in [2.75, 3.05) is 5.32 Å². The molecule has 3 aromatic carbocycles. The lowest BCUT2D eigenvalue weighted by molar-refractivity contribution is 0.590. The van der Waals surface area contributed by atoms with E-state index in [0.717, 1.165) is 22.5 Å². The Bertz CT molecular complexity index is 998. The highest BCUT2D eigenvalue weighted by Gasteiger charge is 2.13. The molecule has 0 spiro atoms.